The van der Waals surface area contributed by atoms with E-state index >= 15 is 0 Å². The molecule has 0 fully saturated rings. The fraction of sp³-hybridized carbons (Fsp3) is 0.190. The number of ether oxygens (including phenoxy) is 1. The van der Waals surface area contributed by atoms with E-state index in [-0.39, 0.29) is 12.2 Å². The zero-order chi connectivity index (χ0) is 21.3. The Hall–Kier alpha value is -2.68. The smallest absolute Gasteiger partial charge is 0.338 e. The number of thiophene rings is 1. The maximum atomic E-state index is 13.3. The lowest BCUT2D eigenvalue weighted by atomic mass is 10.0. The molecule has 9 heteroatoms. The van der Waals surface area contributed by atoms with Crippen LogP contribution in [0.2, 0.25) is 5.02 Å². The van der Waals surface area contributed by atoms with Crippen LogP contribution in [0.5, 0.6) is 0 Å². The number of carbonyl (C=O) groups is 1. The van der Waals surface area contributed by atoms with Crippen molar-refractivity contribution in [2.24, 2.45) is 4.99 Å². The summed E-state index contributed by atoms with van der Waals surface area (Å²) in [4.78, 5) is 31.9. The summed E-state index contributed by atoms with van der Waals surface area (Å²) in [5.74, 6) is -0.453. The Morgan fingerprint density at radius 3 is 2.77 bits per heavy atom. The summed E-state index contributed by atoms with van der Waals surface area (Å²) in [6.45, 7) is 3.78. The Morgan fingerprint density at radius 1 is 1.33 bits per heavy atom. The minimum Gasteiger partial charge on any atom is -0.463 e. The molecule has 0 saturated heterocycles. The lowest BCUT2D eigenvalue weighted by Gasteiger charge is -2.23. The fourth-order valence-electron chi connectivity index (χ4n) is 3.20. The summed E-state index contributed by atoms with van der Waals surface area (Å²) in [5, 5.41) is 5.68. The molecule has 0 spiro atoms. The van der Waals surface area contributed by atoms with Gasteiger partial charge in [0, 0.05) is 21.8 Å². The molecule has 1 aliphatic rings. The number of fused-ring (bicyclic) bond motifs is 1. The molecular weight excluding hydrogens is 442 g/mol. The Kier molecular flexibility index (Phi) is 5.90. The van der Waals surface area contributed by atoms with Gasteiger partial charge in [-0.05, 0) is 49.6 Å². The van der Waals surface area contributed by atoms with E-state index in [1.54, 1.807) is 36.7 Å². The van der Waals surface area contributed by atoms with Gasteiger partial charge in [-0.25, -0.2) is 9.79 Å². The van der Waals surface area contributed by atoms with E-state index in [2.05, 4.69) is 10.3 Å². The number of halogens is 1. The van der Waals surface area contributed by atoms with Crippen LogP contribution < -0.4 is 20.2 Å². The minimum absolute atomic E-state index is 0.215. The molecule has 0 saturated carbocycles. The van der Waals surface area contributed by atoms with E-state index in [0.717, 1.165) is 10.6 Å². The third-order valence-electron chi connectivity index (χ3n) is 4.54. The van der Waals surface area contributed by atoms with Gasteiger partial charge < -0.3 is 10.1 Å². The third-order valence-corrected chi connectivity index (χ3v) is 6.70. The highest BCUT2D eigenvalue weighted by molar-refractivity contribution is 7.10. The highest BCUT2D eigenvalue weighted by Gasteiger charge is 2.33. The van der Waals surface area contributed by atoms with Crippen molar-refractivity contribution in [3.8, 4) is 0 Å². The molecule has 1 aliphatic heterocycles. The average molecular weight is 460 g/mol. The predicted octanol–water partition coefficient (Wildman–Crippen LogP) is 3.53. The number of esters is 1. The first kappa shape index (κ1) is 20.6. The van der Waals surface area contributed by atoms with Gasteiger partial charge >= 0.3 is 5.97 Å². The Morgan fingerprint density at radius 2 is 2.10 bits per heavy atom. The van der Waals surface area contributed by atoms with Crippen LogP contribution >= 0.6 is 34.3 Å². The first-order valence-electron chi connectivity index (χ1n) is 9.23. The predicted molar refractivity (Wildman–Crippen MR) is 121 cm³/mol. The summed E-state index contributed by atoms with van der Waals surface area (Å²) in [5.41, 5.74) is 1.55. The van der Waals surface area contributed by atoms with E-state index in [9.17, 15) is 9.59 Å². The van der Waals surface area contributed by atoms with Crippen LogP contribution in [-0.2, 0) is 9.53 Å². The number of benzene rings is 1. The quantitative estimate of drug-likeness (QED) is 0.592. The van der Waals surface area contributed by atoms with Gasteiger partial charge in [0.1, 0.15) is 10.6 Å². The summed E-state index contributed by atoms with van der Waals surface area (Å²) in [6, 6.07) is 10.4. The molecule has 6 nitrogen and oxygen atoms in total. The number of nitrogens with zero attached hydrogens (tertiary/aromatic N) is 2. The molecule has 1 aromatic carbocycles. The van der Waals surface area contributed by atoms with Crippen LogP contribution in [0, 0.1) is 0 Å². The minimum atomic E-state index is -0.557. The highest BCUT2D eigenvalue weighted by atomic mass is 35.5. The second-order valence-corrected chi connectivity index (χ2v) is 8.89. The van der Waals surface area contributed by atoms with Crippen molar-refractivity contribution in [1.82, 2.24) is 4.57 Å². The highest BCUT2D eigenvalue weighted by Crippen LogP contribution is 2.33. The van der Waals surface area contributed by atoms with Crippen molar-refractivity contribution < 1.29 is 9.53 Å². The van der Waals surface area contributed by atoms with Crippen molar-refractivity contribution in [3.05, 3.63) is 82.6 Å². The second-order valence-electron chi connectivity index (χ2n) is 6.47. The van der Waals surface area contributed by atoms with Crippen molar-refractivity contribution in [2.45, 2.75) is 19.9 Å². The molecule has 0 unspecified atom stereocenters. The molecule has 3 heterocycles. The molecule has 0 bridgehead atoms. The van der Waals surface area contributed by atoms with Crippen molar-refractivity contribution in [2.75, 3.05) is 11.9 Å². The maximum absolute atomic E-state index is 13.3. The van der Waals surface area contributed by atoms with Crippen LogP contribution in [0.25, 0.3) is 6.20 Å². The molecule has 154 valence electrons. The first-order valence-corrected chi connectivity index (χ1v) is 11.3. The SMILES string of the molecule is CCOC(=O)C1=C(C)N=c2s/c(=C\Nc3ccc(Cl)cc3)c(=O)n2[C@H]1c1cccs1. The maximum Gasteiger partial charge on any atom is 0.338 e. The van der Waals surface area contributed by atoms with E-state index in [1.807, 2.05) is 29.6 Å². The lowest BCUT2D eigenvalue weighted by Crippen LogP contribution is -2.39. The number of aromatic nitrogens is 1. The number of carbonyl (C=O) groups excluding carboxylic acids is 1. The van der Waals surface area contributed by atoms with E-state index < -0.39 is 12.0 Å². The summed E-state index contributed by atoms with van der Waals surface area (Å²) >= 11 is 8.68. The third kappa shape index (κ3) is 3.86. The zero-order valence-electron chi connectivity index (χ0n) is 16.2. The van der Waals surface area contributed by atoms with Crippen molar-refractivity contribution >= 4 is 52.1 Å². The normalized spacial score (nSPS) is 16.2. The number of hydrogen-bond acceptors (Lipinski definition) is 7. The largest absolute Gasteiger partial charge is 0.463 e. The molecule has 0 radical (unpaired) electrons. The molecular formula is C21H18ClN3O3S2. The molecule has 3 aromatic rings. The summed E-state index contributed by atoms with van der Waals surface area (Å²) < 4.78 is 7.33. The van der Waals surface area contributed by atoms with Gasteiger partial charge in [0.05, 0.1) is 17.9 Å². The second kappa shape index (κ2) is 8.59. The standard InChI is InChI=1S/C21H18ClN3O3S2/c1-3-28-20(27)17-12(2)24-21-25(18(17)15-5-4-10-29-15)19(26)16(30-21)11-23-14-8-6-13(22)7-9-14/h4-11,18,23H,3H2,1-2H3/b16-11-/t18-/m0/s1. The van der Waals surface area contributed by atoms with Gasteiger partial charge in [-0.2, -0.15) is 0 Å². The van der Waals surface area contributed by atoms with Crippen LogP contribution in [0.15, 0.2) is 62.8 Å². The summed E-state index contributed by atoms with van der Waals surface area (Å²) in [7, 11) is 0. The first-order chi connectivity index (χ1) is 14.5. The molecule has 1 atom stereocenters. The number of allylic oxidation sites excluding steroid dienone is 1. The Balaban J connectivity index is 1.83. The molecule has 0 amide bonds. The van der Waals surface area contributed by atoms with Gasteiger partial charge in [0.15, 0.2) is 4.80 Å². The van der Waals surface area contributed by atoms with Crippen LogP contribution in [0.3, 0.4) is 0 Å². The molecule has 1 N–H and O–H groups in total. The number of hydrogen-bond donors (Lipinski definition) is 1. The van der Waals surface area contributed by atoms with Crippen molar-refractivity contribution in [1.29, 1.82) is 0 Å². The molecule has 30 heavy (non-hydrogen) atoms. The van der Waals surface area contributed by atoms with Gasteiger partial charge in [-0.1, -0.05) is 29.0 Å². The Labute approximate surface area is 185 Å². The number of nitrogens with one attached hydrogen (secondary N) is 1. The summed E-state index contributed by atoms with van der Waals surface area (Å²) in [6.07, 6.45) is 1.65. The number of anilines is 1. The van der Waals surface area contributed by atoms with Crippen LogP contribution in [-0.4, -0.2) is 17.1 Å². The van der Waals surface area contributed by atoms with Gasteiger partial charge in [-0.15, -0.1) is 11.3 Å². The fourth-order valence-corrected chi connectivity index (χ4v) is 5.12. The van der Waals surface area contributed by atoms with E-state index in [1.165, 1.54) is 22.7 Å². The van der Waals surface area contributed by atoms with Crippen molar-refractivity contribution in [3.63, 3.8) is 0 Å². The average Bonchev–Trinajstić information content (AvgIpc) is 3.35. The topological polar surface area (TPSA) is 72.7 Å². The number of thiazole rings is 1. The van der Waals surface area contributed by atoms with E-state index in [4.69, 9.17) is 16.3 Å². The zero-order valence-corrected chi connectivity index (χ0v) is 18.6. The van der Waals surface area contributed by atoms with Crippen LogP contribution in [0.4, 0.5) is 5.69 Å². The lowest BCUT2D eigenvalue weighted by molar-refractivity contribution is -0.139. The van der Waals surface area contributed by atoms with Gasteiger partial charge in [-0.3, -0.25) is 9.36 Å². The van der Waals surface area contributed by atoms with Gasteiger partial charge in [0.25, 0.3) is 5.56 Å². The monoisotopic (exact) mass is 459 g/mol. The van der Waals surface area contributed by atoms with Crippen LogP contribution in [0.1, 0.15) is 24.8 Å². The molecule has 4 rings (SSSR count). The van der Waals surface area contributed by atoms with Gasteiger partial charge in [0.2, 0.25) is 0 Å². The van der Waals surface area contributed by atoms with E-state index in [0.29, 0.717) is 25.6 Å². The number of rotatable bonds is 5. The Bertz CT molecular complexity index is 1290. The molecule has 2 aromatic heterocycles. The molecule has 0 aliphatic carbocycles.